The third-order valence-corrected chi connectivity index (χ3v) is 3.48. The van der Waals surface area contributed by atoms with Crippen molar-refractivity contribution in [3.05, 3.63) is 64.2 Å². The molecule has 0 aliphatic carbocycles. The molecule has 2 aromatic carbocycles. The monoisotopic (exact) mass is 364 g/mol. The van der Waals surface area contributed by atoms with E-state index in [2.05, 4.69) is 5.32 Å². The molecular weight excluding hydrogens is 354 g/mol. The summed E-state index contributed by atoms with van der Waals surface area (Å²) in [7, 11) is 0. The summed E-state index contributed by atoms with van der Waals surface area (Å²) >= 11 is 5.68. The molecule has 1 N–H and O–H groups in total. The summed E-state index contributed by atoms with van der Waals surface area (Å²) in [4.78, 5) is 24.0. The first-order valence-electron chi connectivity index (χ1n) is 6.98. The van der Waals surface area contributed by atoms with E-state index in [1.807, 2.05) is 6.07 Å². The molecular formula is C17H11ClF2N2O3. The van der Waals surface area contributed by atoms with Crippen LogP contribution in [0.5, 0.6) is 0 Å². The summed E-state index contributed by atoms with van der Waals surface area (Å²) in [6, 6.07) is 9.22. The van der Waals surface area contributed by atoms with Crippen LogP contribution in [0.4, 0.5) is 14.5 Å². The van der Waals surface area contributed by atoms with Crippen LogP contribution in [0.2, 0.25) is 5.02 Å². The Morgan fingerprint density at radius 3 is 2.40 bits per heavy atom. The number of halogens is 3. The first kappa shape index (κ1) is 18.4. The third-order valence-electron chi connectivity index (χ3n) is 3.16. The van der Waals surface area contributed by atoms with Crippen molar-refractivity contribution < 1.29 is 23.1 Å². The maximum absolute atomic E-state index is 13.2. The number of carbonyl (C=O) groups excluding carboxylic acids is 2. The van der Waals surface area contributed by atoms with Crippen molar-refractivity contribution in [1.29, 1.82) is 5.26 Å². The van der Waals surface area contributed by atoms with E-state index >= 15 is 0 Å². The minimum Gasteiger partial charge on any atom is -0.449 e. The van der Waals surface area contributed by atoms with Gasteiger partial charge in [0.15, 0.2) is 17.7 Å². The molecule has 1 amide bonds. The summed E-state index contributed by atoms with van der Waals surface area (Å²) in [6.45, 7) is 1.31. The molecule has 0 aliphatic rings. The quantitative estimate of drug-likeness (QED) is 0.663. The van der Waals surface area contributed by atoms with Gasteiger partial charge >= 0.3 is 5.97 Å². The number of hydrogen-bond donors (Lipinski definition) is 1. The molecule has 25 heavy (non-hydrogen) atoms. The van der Waals surface area contributed by atoms with Crippen molar-refractivity contribution in [3.63, 3.8) is 0 Å². The first-order valence-corrected chi connectivity index (χ1v) is 7.36. The molecule has 0 radical (unpaired) electrons. The summed E-state index contributed by atoms with van der Waals surface area (Å²) in [5.41, 5.74) is 0.432. The largest absolute Gasteiger partial charge is 0.449 e. The number of hydrogen-bond acceptors (Lipinski definition) is 4. The van der Waals surface area contributed by atoms with Crippen molar-refractivity contribution in [1.82, 2.24) is 0 Å². The van der Waals surface area contributed by atoms with Crippen LogP contribution in [0, 0.1) is 23.0 Å². The van der Waals surface area contributed by atoms with Gasteiger partial charge in [-0.25, -0.2) is 13.6 Å². The Morgan fingerprint density at radius 1 is 1.20 bits per heavy atom. The van der Waals surface area contributed by atoms with E-state index in [-0.39, 0.29) is 5.02 Å². The van der Waals surface area contributed by atoms with E-state index in [1.54, 1.807) is 0 Å². The maximum atomic E-state index is 13.2. The lowest BCUT2D eigenvalue weighted by molar-refractivity contribution is -0.123. The SMILES string of the molecule is C[C@@H](OC(=O)c1cc(F)c(F)cc1Cl)C(=O)Nc1ccc(C#N)cc1. The number of benzene rings is 2. The van der Waals surface area contributed by atoms with Gasteiger partial charge in [-0.3, -0.25) is 4.79 Å². The van der Waals surface area contributed by atoms with Gasteiger partial charge in [-0.15, -0.1) is 0 Å². The number of rotatable bonds is 4. The number of anilines is 1. The zero-order valence-corrected chi connectivity index (χ0v) is 13.6. The third kappa shape index (κ3) is 4.52. The van der Waals surface area contributed by atoms with Crippen LogP contribution in [0.1, 0.15) is 22.8 Å². The lowest BCUT2D eigenvalue weighted by atomic mass is 10.2. The number of nitriles is 1. The smallest absolute Gasteiger partial charge is 0.340 e. The molecule has 1 atom stereocenters. The van der Waals surface area contributed by atoms with Crippen LogP contribution < -0.4 is 5.32 Å². The van der Waals surface area contributed by atoms with Gasteiger partial charge < -0.3 is 10.1 Å². The number of amides is 1. The van der Waals surface area contributed by atoms with Crippen molar-refractivity contribution in [2.45, 2.75) is 13.0 Å². The highest BCUT2D eigenvalue weighted by Crippen LogP contribution is 2.21. The van der Waals surface area contributed by atoms with E-state index in [1.165, 1.54) is 31.2 Å². The average molecular weight is 365 g/mol. The van der Waals surface area contributed by atoms with Crippen LogP contribution in [-0.2, 0) is 9.53 Å². The second-order valence-electron chi connectivity index (χ2n) is 4.97. The van der Waals surface area contributed by atoms with Crippen LogP contribution in [0.15, 0.2) is 36.4 Å². The Balaban J connectivity index is 2.04. The normalized spacial score (nSPS) is 11.3. The number of nitrogens with one attached hydrogen (secondary N) is 1. The number of carbonyl (C=O) groups is 2. The van der Waals surface area contributed by atoms with Gasteiger partial charge in [-0.05, 0) is 43.3 Å². The molecule has 2 aromatic rings. The second kappa shape index (κ2) is 7.73. The van der Waals surface area contributed by atoms with Gasteiger partial charge in [-0.2, -0.15) is 5.26 Å². The molecule has 0 saturated heterocycles. The van der Waals surface area contributed by atoms with Crippen molar-refractivity contribution in [2.24, 2.45) is 0 Å². The number of nitrogens with zero attached hydrogens (tertiary/aromatic N) is 1. The van der Waals surface area contributed by atoms with Gasteiger partial charge in [-0.1, -0.05) is 11.6 Å². The first-order chi connectivity index (χ1) is 11.8. The van der Waals surface area contributed by atoms with E-state index in [9.17, 15) is 18.4 Å². The Hall–Kier alpha value is -2.98. The highest BCUT2D eigenvalue weighted by atomic mass is 35.5. The Morgan fingerprint density at radius 2 is 1.80 bits per heavy atom. The van der Waals surface area contributed by atoms with Crippen LogP contribution in [0.25, 0.3) is 0 Å². The molecule has 0 saturated carbocycles. The highest BCUT2D eigenvalue weighted by molar-refractivity contribution is 6.33. The zero-order valence-electron chi connectivity index (χ0n) is 12.8. The molecule has 8 heteroatoms. The Bertz CT molecular complexity index is 863. The number of esters is 1. The van der Waals surface area contributed by atoms with E-state index in [0.717, 1.165) is 0 Å². The lowest BCUT2D eigenvalue weighted by Gasteiger charge is -2.14. The molecule has 0 spiro atoms. The molecule has 0 aliphatic heterocycles. The molecule has 0 heterocycles. The molecule has 0 aromatic heterocycles. The molecule has 128 valence electrons. The van der Waals surface area contributed by atoms with Gasteiger partial charge in [0.1, 0.15) is 0 Å². The van der Waals surface area contributed by atoms with Crippen molar-refractivity contribution in [2.75, 3.05) is 5.32 Å². The predicted molar refractivity (Wildman–Crippen MR) is 86.0 cm³/mol. The molecule has 2 rings (SSSR count). The fourth-order valence-corrected chi connectivity index (χ4v) is 2.06. The highest BCUT2D eigenvalue weighted by Gasteiger charge is 2.22. The van der Waals surface area contributed by atoms with Gasteiger partial charge in [0.25, 0.3) is 5.91 Å². The van der Waals surface area contributed by atoms with Crippen molar-refractivity contribution in [3.8, 4) is 6.07 Å². The molecule has 0 bridgehead atoms. The van der Waals surface area contributed by atoms with Crippen LogP contribution in [-0.4, -0.2) is 18.0 Å². The fourth-order valence-electron chi connectivity index (χ4n) is 1.83. The minimum absolute atomic E-state index is 0.330. The molecule has 0 unspecified atom stereocenters. The summed E-state index contributed by atoms with van der Waals surface area (Å²) in [5.74, 6) is -4.16. The fraction of sp³-hybridized carbons (Fsp3) is 0.118. The summed E-state index contributed by atoms with van der Waals surface area (Å²) in [5, 5.41) is 10.9. The number of ether oxygens (including phenoxy) is 1. The maximum Gasteiger partial charge on any atom is 0.340 e. The Labute approximate surface area is 146 Å². The summed E-state index contributed by atoms with van der Waals surface area (Å²) < 4.78 is 31.1. The average Bonchev–Trinajstić information content (AvgIpc) is 2.58. The topological polar surface area (TPSA) is 79.2 Å². The van der Waals surface area contributed by atoms with Crippen LogP contribution >= 0.6 is 11.6 Å². The van der Waals surface area contributed by atoms with Gasteiger partial charge in [0.2, 0.25) is 0 Å². The standard InChI is InChI=1S/C17H11ClF2N2O3/c1-9(16(23)22-11-4-2-10(8-21)3-5-11)25-17(24)12-6-14(19)15(20)7-13(12)18/h2-7,9H,1H3,(H,22,23)/t9-/m1/s1. The van der Waals surface area contributed by atoms with Crippen LogP contribution in [0.3, 0.4) is 0 Å². The predicted octanol–water partition coefficient (Wildman–Crippen LogP) is 3.67. The van der Waals surface area contributed by atoms with Crippen molar-refractivity contribution >= 4 is 29.2 Å². The molecule has 5 nitrogen and oxygen atoms in total. The van der Waals surface area contributed by atoms with E-state index < -0.39 is 35.2 Å². The van der Waals surface area contributed by atoms with E-state index in [0.29, 0.717) is 23.4 Å². The summed E-state index contributed by atoms with van der Waals surface area (Å²) in [6.07, 6.45) is -1.22. The van der Waals surface area contributed by atoms with E-state index in [4.69, 9.17) is 21.6 Å². The second-order valence-corrected chi connectivity index (χ2v) is 5.38. The van der Waals surface area contributed by atoms with Gasteiger partial charge in [0, 0.05) is 5.69 Å². The minimum atomic E-state index is -1.26. The molecule has 0 fully saturated rings. The Kier molecular flexibility index (Phi) is 5.67. The van der Waals surface area contributed by atoms with Gasteiger partial charge in [0.05, 0.1) is 22.2 Å². The zero-order chi connectivity index (χ0) is 18.6. The lowest BCUT2D eigenvalue weighted by Crippen LogP contribution is -2.30.